The van der Waals surface area contributed by atoms with Gasteiger partial charge in [-0.2, -0.15) is 0 Å². The molecule has 2 rings (SSSR count). The number of ether oxygens (including phenoxy) is 1. The summed E-state index contributed by atoms with van der Waals surface area (Å²) < 4.78 is 29.9. The van der Waals surface area contributed by atoms with Gasteiger partial charge in [-0.25, -0.2) is 17.9 Å². The van der Waals surface area contributed by atoms with Crippen molar-refractivity contribution in [2.24, 2.45) is 0 Å². The highest BCUT2D eigenvalue weighted by Gasteiger charge is 2.24. The van der Waals surface area contributed by atoms with Crippen LogP contribution < -0.4 is 4.72 Å². The van der Waals surface area contributed by atoms with Crippen molar-refractivity contribution in [3.05, 3.63) is 35.4 Å². The molecule has 27 heavy (non-hydrogen) atoms. The van der Waals surface area contributed by atoms with Gasteiger partial charge in [0.05, 0.1) is 11.8 Å². The van der Waals surface area contributed by atoms with Crippen molar-refractivity contribution >= 4 is 21.9 Å². The molecule has 1 heterocycles. The minimum atomic E-state index is -3.21. The van der Waals surface area contributed by atoms with E-state index in [1.54, 1.807) is 36.1 Å². The average molecular weight is 397 g/mol. The van der Waals surface area contributed by atoms with E-state index in [1.165, 1.54) is 0 Å². The van der Waals surface area contributed by atoms with Crippen LogP contribution in [-0.4, -0.2) is 57.2 Å². The number of carbonyl (C=O) groups is 2. The van der Waals surface area contributed by atoms with Gasteiger partial charge in [-0.1, -0.05) is 25.0 Å². The van der Waals surface area contributed by atoms with E-state index >= 15 is 0 Å². The fraction of sp³-hybridized carbons (Fsp3) is 0.579. The number of hydrogen-bond acceptors (Lipinski definition) is 5. The molecule has 8 heteroatoms. The maximum absolute atomic E-state index is 12.5. The Balaban J connectivity index is 1.86. The largest absolute Gasteiger partial charge is 0.449 e. The molecular formula is C19H28N2O5S. The minimum absolute atomic E-state index is 0.145. The first-order valence-electron chi connectivity index (χ1n) is 9.29. The monoisotopic (exact) mass is 396 g/mol. The summed E-state index contributed by atoms with van der Waals surface area (Å²) in [6, 6.07) is 6.76. The summed E-state index contributed by atoms with van der Waals surface area (Å²) in [4.78, 5) is 26.5. The highest BCUT2D eigenvalue weighted by atomic mass is 32.2. The predicted molar refractivity (Wildman–Crippen MR) is 103 cm³/mol. The number of nitrogens with one attached hydrogen (secondary N) is 1. The maximum Gasteiger partial charge on any atom is 0.338 e. The number of hydrogen-bond donors (Lipinski definition) is 1. The van der Waals surface area contributed by atoms with E-state index in [4.69, 9.17) is 4.74 Å². The Bertz CT molecular complexity index is 738. The van der Waals surface area contributed by atoms with Crippen LogP contribution in [0.1, 0.15) is 48.5 Å². The third-order valence-electron chi connectivity index (χ3n) is 4.52. The van der Waals surface area contributed by atoms with Crippen LogP contribution in [0.4, 0.5) is 0 Å². The molecule has 0 bridgehead atoms. The summed E-state index contributed by atoms with van der Waals surface area (Å²) >= 11 is 0. The van der Waals surface area contributed by atoms with Crippen LogP contribution in [0, 0.1) is 0 Å². The van der Waals surface area contributed by atoms with E-state index in [1.807, 2.05) is 0 Å². The van der Waals surface area contributed by atoms with E-state index in [0.717, 1.165) is 50.6 Å². The van der Waals surface area contributed by atoms with Crippen LogP contribution >= 0.6 is 0 Å². The second-order valence-corrected chi connectivity index (χ2v) is 8.73. The molecular weight excluding hydrogens is 368 g/mol. The molecule has 1 aromatic carbocycles. The standard InChI is InChI=1S/C19H28N2O5S/c1-15(18(22)21-13-5-3-4-6-14-21)26-19(23)17-9-7-16(8-10-17)11-12-20-27(2,24)25/h7-10,15,20H,3-6,11-14H2,1-2H3. The number of nitrogens with zero attached hydrogens (tertiary/aromatic N) is 1. The third-order valence-corrected chi connectivity index (χ3v) is 5.25. The first kappa shape index (κ1) is 21.4. The van der Waals surface area contributed by atoms with E-state index in [0.29, 0.717) is 18.5 Å². The van der Waals surface area contributed by atoms with E-state index in [-0.39, 0.29) is 5.91 Å². The number of amides is 1. The molecule has 1 fully saturated rings. The van der Waals surface area contributed by atoms with E-state index < -0.39 is 22.1 Å². The molecule has 1 atom stereocenters. The molecule has 0 saturated carbocycles. The topological polar surface area (TPSA) is 92.8 Å². The van der Waals surface area contributed by atoms with Gasteiger partial charge >= 0.3 is 5.97 Å². The molecule has 0 aliphatic carbocycles. The molecule has 1 N–H and O–H groups in total. The first-order chi connectivity index (χ1) is 12.8. The molecule has 7 nitrogen and oxygen atoms in total. The van der Waals surface area contributed by atoms with Crippen LogP contribution in [0.5, 0.6) is 0 Å². The lowest BCUT2D eigenvalue weighted by Gasteiger charge is -2.24. The van der Waals surface area contributed by atoms with Gasteiger partial charge in [0.2, 0.25) is 10.0 Å². The van der Waals surface area contributed by atoms with Gasteiger partial charge in [-0.15, -0.1) is 0 Å². The highest BCUT2D eigenvalue weighted by Crippen LogP contribution is 2.13. The summed E-state index contributed by atoms with van der Waals surface area (Å²) in [6.45, 7) is 3.34. The Morgan fingerprint density at radius 3 is 2.26 bits per heavy atom. The normalized spacial score (nSPS) is 16.4. The molecule has 1 aliphatic heterocycles. The van der Waals surface area contributed by atoms with Gasteiger partial charge in [0, 0.05) is 19.6 Å². The van der Waals surface area contributed by atoms with Crippen molar-refractivity contribution in [1.82, 2.24) is 9.62 Å². The van der Waals surface area contributed by atoms with E-state index in [2.05, 4.69) is 4.72 Å². The molecule has 1 aromatic rings. The number of benzene rings is 1. The van der Waals surface area contributed by atoms with Crippen LogP contribution in [0.2, 0.25) is 0 Å². The number of likely N-dealkylation sites (tertiary alicyclic amines) is 1. The molecule has 0 radical (unpaired) electrons. The lowest BCUT2D eigenvalue weighted by molar-refractivity contribution is -0.139. The van der Waals surface area contributed by atoms with E-state index in [9.17, 15) is 18.0 Å². The average Bonchev–Trinajstić information content (AvgIpc) is 2.89. The van der Waals surface area contributed by atoms with Crippen LogP contribution in [0.3, 0.4) is 0 Å². The quantitative estimate of drug-likeness (QED) is 0.709. The highest BCUT2D eigenvalue weighted by molar-refractivity contribution is 7.88. The molecule has 1 saturated heterocycles. The lowest BCUT2D eigenvalue weighted by Crippen LogP contribution is -2.40. The van der Waals surface area contributed by atoms with Crippen molar-refractivity contribution in [3.8, 4) is 0 Å². The molecule has 0 aromatic heterocycles. The lowest BCUT2D eigenvalue weighted by atomic mass is 10.1. The number of esters is 1. The van der Waals surface area contributed by atoms with Gasteiger partial charge in [0.15, 0.2) is 6.10 Å². The smallest absolute Gasteiger partial charge is 0.338 e. The van der Waals surface area contributed by atoms with Crippen molar-refractivity contribution in [2.45, 2.75) is 45.1 Å². The van der Waals surface area contributed by atoms with Gasteiger partial charge in [0.25, 0.3) is 5.91 Å². The predicted octanol–water partition coefficient (Wildman–Crippen LogP) is 1.73. The fourth-order valence-electron chi connectivity index (χ4n) is 3.02. The maximum atomic E-state index is 12.5. The zero-order valence-electron chi connectivity index (χ0n) is 15.9. The second kappa shape index (κ2) is 9.85. The Labute approximate surface area is 161 Å². The zero-order chi connectivity index (χ0) is 19.9. The summed E-state index contributed by atoms with van der Waals surface area (Å²) in [7, 11) is -3.21. The number of sulfonamides is 1. The summed E-state index contributed by atoms with van der Waals surface area (Å²) in [5.74, 6) is -0.680. The fourth-order valence-corrected chi connectivity index (χ4v) is 3.49. The third kappa shape index (κ3) is 7.30. The summed E-state index contributed by atoms with van der Waals surface area (Å²) in [5, 5.41) is 0. The van der Waals surface area contributed by atoms with Crippen molar-refractivity contribution < 1.29 is 22.7 Å². The van der Waals surface area contributed by atoms with Gasteiger partial charge < -0.3 is 9.64 Å². The van der Waals surface area contributed by atoms with Crippen molar-refractivity contribution in [3.63, 3.8) is 0 Å². The summed E-state index contributed by atoms with van der Waals surface area (Å²) in [5.41, 5.74) is 1.27. The summed E-state index contributed by atoms with van der Waals surface area (Å²) in [6.07, 6.45) is 5.05. The van der Waals surface area contributed by atoms with Crippen LogP contribution in [0.25, 0.3) is 0 Å². The zero-order valence-corrected chi connectivity index (χ0v) is 16.8. The molecule has 0 spiro atoms. The minimum Gasteiger partial charge on any atom is -0.449 e. The Hall–Kier alpha value is -1.93. The molecule has 1 amide bonds. The molecule has 1 aliphatic rings. The van der Waals surface area contributed by atoms with Crippen LogP contribution in [-0.2, 0) is 26.0 Å². The van der Waals surface area contributed by atoms with Crippen molar-refractivity contribution in [2.75, 3.05) is 25.9 Å². The number of carbonyl (C=O) groups excluding carboxylic acids is 2. The van der Waals surface area contributed by atoms with Gasteiger partial charge in [-0.3, -0.25) is 4.79 Å². The molecule has 150 valence electrons. The van der Waals surface area contributed by atoms with Gasteiger partial charge in [-0.05, 0) is 43.9 Å². The second-order valence-electron chi connectivity index (χ2n) is 6.90. The SMILES string of the molecule is CC(OC(=O)c1ccc(CCNS(C)(=O)=O)cc1)C(=O)N1CCCCCC1. The molecule has 1 unspecified atom stereocenters. The Morgan fingerprint density at radius 1 is 1.11 bits per heavy atom. The van der Waals surface area contributed by atoms with Crippen LogP contribution in [0.15, 0.2) is 24.3 Å². The van der Waals surface area contributed by atoms with Gasteiger partial charge in [0.1, 0.15) is 0 Å². The number of rotatable bonds is 7. The first-order valence-corrected chi connectivity index (χ1v) is 11.2. The Kier molecular flexibility index (Phi) is 7.79. The van der Waals surface area contributed by atoms with Crippen molar-refractivity contribution in [1.29, 1.82) is 0 Å². The Morgan fingerprint density at radius 2 is 1.70 bits per heavy atom.